The van der Waals surface area contributed by atoms with Crippen LogP contribution in [0.25, 0.3) is 0 Å². The van der Waals surface area contributed by atoms with Gasteiger partial charge in [-0.1, -0.05) is 12.1 Å². The zero-order valence-corrected chi connectivity index (χ0v) is 11.6. The van der Waals surface area contributed by atoms with Crippen molar-refractivity contribution >= 4 is 18.3 Å². The number of hydrogen-bond acceptors (Lipinski definition) is 4. The first-order valence-corrected chi connectivity index (χ1v) is 6.46. The van der Waals surface area contributed by atoms with Crippen molar-refractivity contribution in [2.45, 2.75) is 6.42 Å². The van der Waals surface area contributed by atoms with Crippen LogP contribution in [0.15, 0.2) is 48.8 Å². The molecule has 0 N–H and O–H groups in total. The summed E-state index contributed by atoms with van der Waals surface area (Å²) >= 11 is 0. The van der Waals surface area contributed by atoms with Crippen molar-refractivity contribution in [1.29, 1.82) is 0 Å². The third kappa shape index (κ3) is 3.85. The molecule has 6 nitrogen and oxygen atoms in total. The number of imide groups is 1. The zero-order chi connectivity index (χ0) is 15.1. The zero-order valence-electron chi connectivity index (χ0n) is 11.6. The average Bonchev–Trinajstić information content (AvgIpc) is 2.56. The van der Waals surface area contributed by atoms with Crippen LogP contribution in [-0.2, 0) is 11.2 Å². The number of carbonyl (C=O) groups excluding carboxylic acids is 2. The Morgan fingerprint density at radius 1 is 1.14 bits per heavy atom. The van der Waals surface area contributed by atoms with Gasteiger partial charge in [0.25, 0.3) is 0 Å². The second-order valence-corrected chi connectivity index (χ2v) is 4.34. The Hall–Kier alpha value is -2.76. The Morgan fingerprint density at radius 2 is 1.86 bits per heavy atom. The van der Waals surface area contributed by atoms with Crippen LogP contribution < -0.4 is 4.90 Å². The first-order chi connectivity index (χ1) is 10.2. The van der Waals surface area contributed by atoms with Crippen LogP contribution in [0.5, 0.6) is 0 Å². The molecule has 0 spiro atoms. The summed E-state index contributed by atoms with van der Waals surface area (Å²) in [6.07, 6.45) is 5.40. The summed E-state index contributed by atoms with van der Waals surface area (Å²) in [4.78, 5) is 33.8. The molecule has 107 valence electrons. The highest BCUT2D eigenvalue weighted by atomic mass is 16.2. The van der Waals surface area contributed by atoms with Crippen LogP contribution in [0.4, 0.5) is 10.6 Å². The maximum atomic E-state index is 12.2. The lowest BCUT2D eigenvalue weighted by Crippen LogP contribution is -2.41. The number of rotatable bonds is 5. The van der Waals surface area contributed by atoms with Crippen LogP contribution in [0.1, 0.15) is 5.69 Å². The van der Waals surface area contributed by atoms with Crippen molar-refractivity contribution in [3.05, 3.63) is 54.5 Å². The van der Waals surface area contributed by atoms with Gasteiger partial charge >= 0.3 is 12.4 Å². The van der Waals surface area contributed by atoms with Crippen molar-refractivity contribution in [2.24, 2.45) is 0 Å². The van der Waals surface area contributed by atoms with Gasteiger partial charge in [0.15, 0.2) is 0 Å². The third-order valence-electron chi connectivity index (χ3n) is 2.94. The molecule has 0 unspecified atom stereocenters. The van der Waals surface area contributed by atoms with E-state index in [1.807, 2.05) is 18.2 Å². The smallest absolute Gasteiger partial charge is 0.281 e. The Morgan fingerprint density at radius 3 is 2.43 bits per heavy atom. The minimum absolute atomic E-state index is 0.219. The van der Waals surface area contributed by atoms with E-state index in [0.29, 0.717) is 12.2 Å². The molecule has 3 amide bonds. The first kappa shape index (κ1) is 14.6. The fourth-order valence-corrected chi connectivity index (χ4v) is 1.78. The van der Waals surface area contributed by atoms with Gasteiger partial charge in [-0.3, -0.25) is 19.6 Å². The minimum atomic E-state index is -0.473. The van der Waals surface area contributed by atoms with Gasteiger partial charge in [-0.2, -0.15) is 0 Å². The molecule has 6 heteroatoms. The molecule has 2 aromatic heterocycles. The molecular formula is C15H15N4O2. The van der Waals surface area contributed by atoms with E-state index in [0.717, 1.165) is 10.6 Å². The van der Waals surface area contributed by atoms with Crippen molar-refractivity contribution < 1.29 is 9.59 Å². The summed E-state index contributed by atoms with van der Waals surface area (Å²) in [7, 11) is 1.57. The topological polar surface area (TPSA) is 66.4 Å². The number of hydrogen-bond donors (Lipinski definition) is 0. The quantitative estimate of drug-likeness (QED) is 0.782. The second kappa shape index (κ2) is 7.14. The molecular weight excluding hydrogens is 268 g/mol. The number of aromatic nitrogens is 2. The minimum Gasteiger partial charge on any atom is -0.281 e. The normalized spacial score (nSPS) is 9.95. The van der Waals surface area contributed by atoms with E-state index in [1.54, 1.807) is 44.1 Å². The predicted octanol–water partition coefficient (Wildman–Crippen LogP) is 1.64. The largest absolute Gasteiger partial charge is 0.332 e. The van der Waals surface area contributed by atoms with E-state index >= 15 is 0 Å². The molecule has 0 aliphatic carbocycles. The van der Waals surface area contributed by atoms with Gasteiger partial charge in [0.05, 0.1) is 0 Å². The molecule has 0 saturated heterocycles. The highest BCUT2D eigenvalue weighted by Gasteiger charge is 2.20. The van der Waals surface area contributed by atoms with Crippen molar-refractivity contribution in [2.75, 3.05) is 18.5 Å². The summed E-state index contributed by atoms with van der Waals surface area (Å²) in [5.74, 6) is 0.473. The molecule has 2 heterocycles. The number of urea groups is 1. The Balaban J connectivity index is 2.00. The molecule has 0 atom stereocenters. The van der Waals surface area contributed by atoms with Gasteiger partial charge in [-0.15, -0.1) is 0 Å². The van der Waals surface area contributed by atoms with Crippen LogP contribution in [0, 0.1) is 0 Å². The number of amides is 3. The SMILES string of the molecule is CN(C(=O)N([C]=O)CCc1ccccn1)c1ccccn1. The van der Waals surface area contributed by atoms with Gasteiger partial charge in [-0.25, -0.2) is 9.78 Å². The molecule has 0 aromatic carbocycles. The third-order valence-corrected chi connectivity index (χ3v) is 2.94. The maximum Gasteiger partial charge on any atom is 0.332 e. The van der Waals surface area contributed by atoms with Gasteiger partial charge in [0.1, 0.15) is 5.82 Å². The van der Waals surface area contributed by atoms with Gasteiger partial charge < -0.3 is 0 Å². The molecule has 21 heavy (non-hydrogen) atoms. The standard InChI is InChI=1S/C15H15N4O2/c1-18(14-7-3-5-10-17-14)15(21)19(12-20)11-8-13-6-2-4-9-16-13/h2-7,9-10H,8,11H2,1H3. The molecule has 0 aliphatic heterocycles. The van der Waals surface area contributed by atoms with Gasteiger partial charge in [-0.05, 0) is 24.3 Å². The fraction of sp³-hybridized carbons (Fsp3) is 0.200. The summed E-state index contributed by atoms with van der Waals surface area (Å²) in [6, 6.07) is 10.3. The van der Waals surface area contributed by atoms with Crippen molar-refractivity contribution in [1.82, 2.24) is 14.9 Å². The van der Waals surface area contributed by atoms with Crippen molar-refractivity contribution in [3.8, 4) is 0 Å². The van der Waals surface area contributed by atoms with E-state index in [1.165, 1.54) is 4.90 Å². The van der Waals surface area contributed by atoms with Crippen molar-refractivity contribution in [3.63, 3.8) is 0 Å². The highest BCUT2D eigenvalue weighted by Crippen LogP contribution is 2.09. The van der Waals surface area contributed by atoms with Crippen LogP contribution in [0.2, 0.25) is 0 Å². The second-order valence-electron chi connectivity index (χ2n) is 4.34. The predicted molar refractivity (Wildman–Crippen MR) is 78.4 cm³/mol. The summed E-state index contributed by atoms with van der Waals surface area (Å²) < 4.78 is 0. The highest BCUT2D eigenvalue weighted by molar-refractivity contribution is 5.96. The van der Waals surface area contributed by atoms with E-state index in [4.69, 9.17) is 0 Å². The lowest BCUT2D eigenvalue weighted by Gasteiger charge is -2.22. The van der Waals surface area contributed by atoms with Gasteiger partial charge in [0, 0.05) is 38.1 Å². The monoisotopic (exact) mass is 283 g/mol. The number of nitrogens with zero attached hydrogens (tertiary/aromatic N) is 4. The van der Waals surface area contributed by atoms with E-state index < -0.39 is 6.03 Å². The van der Waals surface area contributed by atoms with Gasteiger partial charge in [0.2, 0.25) is 0 Å². The lowest BCUT2D eigenvalue weighted by atomic mass is 10.2. The summed E-state index contributed by atoms with van der Waals surface area (Å²) in [6.45, 7) is 0.219. The number of carbonyl (C=O) groups is 1. The van der Waals surface area contributed by atoms with Crippen LogP contribution in [0.3, 0.4) is 0 Å². The summed E-state index contributed by atoms with van der Waals surface area (Å²) in [5, 5.41) is 0. The molecule has 2 rings (SSSR count). The molecule has 1 radical (unpaired) electrons. The Labute approximate surface area is 123 Å². The molecule has 2 aromatic rings. The Bertz CT molecular complexity index is 589. The summed E-state index contributed by atoms with van der Waals surface area (Å²) in [5.41, 5.74) is 0.811. The van der Waals surface area contributed by atoms with Crippen LogP contribution in [-0.4, -0.2) is 40.9 Å². The number of pyridine rings is 2. The van der Waals surface area contributed by atoms with E-state index in [9.17, 15) is 9.59 Å². The molecule has 0 fully saturated rings. The molecule has 0 aliphatic rings. The van der Waals surface area contributed by atoms with Crippen LogP contribution >= 0.6 is 0 Å². The fourth-order valence-electron chi connectivity index (χ4n) is 1.78. The van der Waals surface area contributed by atoms with E-state index in [2.05, 4.69) is 9.97 Å². The molecule has 0 saturated carbocycles. The lowest BCUT2D eigenvalue weighted by molar-refractivity contribution is 0.226. The Kier molecular flexibility index (Phi) is 4.98. The molecule has 0 bridgehead atoms. The first-order valence-electron chi connectivity index (χ1n) is 6.46. The average molecular weight is 283 g/mol. The van der Waals surface area contributed by atoms with E-state index in [-0.39, 0.29) is 6.54 Å². The maximum absolute atomic E-state index is 12.2. The number of anilines is 1.